The molecule has 1 heterocycles. The van der Waals surface area contributed by atoms with Crippen LogP contribution in [0.5, 0.6) is 0 Å². The van der Waals surface area contributed by atoms with E-state index in [0.717, 1.165) is 32.4 Å². The highest BCUT2D eigenvalue weighted by Gasteiger charge is 2.31. The second-order valence-corrected chi connectivity index (χ2v) is 5.81. The first-order valence-corrected chi connectivity index (χ1v) is 7.00. The van der Waals surface area contributed by atoms with Crippen molar-refractivity contribution in [2.75, 3.05) is 13.1 Å². The summed E-state index contributed by atoms with van der Waals surface area (Å²) in [5.41, 5.74) is 0.273. The Morgan fingerprint density at radius 2 is 2.28 bits per heavy atom. The van der Waals surface area contributed by atoms with Crippen molar-refractivity contribution in [2.24, 2.45) is 5.41 Å². The first kappa shape index (κ1) is 15.0. The predicted octanol–water partition coefficient (Wildman–Crippen LogP) is 2.07. The number of rotatable bonds is 6. The third kappa shape index (κ3) is 5.10. The van der Waals surface area contributed by atoms with Gasteiger partial charge in [-0.3, -0.25) is 4.79 Å². The first-order chi connectivity index (χ1) is 8.56. The normalized spacial score (nSPS) is 22.2. The molecule has 1 amide bonds. The van der Waals surface area contributed by atoms with Crippen molar-refractivity contribution in [1.29, 1.82) is 0 Å². The molecule has 2 N–H and O–H groups in total. The number of carbonyl (C=O) groups is 1. The molecule has 0 aromatic carbocycles. The molecule has 0 aromatic rings. The molecule has 1 atom stereocenters. The third-order valence-electron chi connectivity index (χ3n) is 3.81. The number of carbonyl (C=O) groups excluding carboxylic acids is 1. The van der Waals surface area contributed by atoms with Crippen LogP contribution in [-0.4, -0.2) is 25.0 Å². The highest BCUT2D eigenvalue weighted by Crippen LogP contribution is 2.29. The van der Waals surface area contributed by atoms with Crippen LogP contribution in [0.15, 0.2) is 0 Å². The summed E-state index contributed by atoms with van der Waals surface area (Å²) in [6, 6.07) is 0.390. The fourth-order valence-electron chi connectivity index (χ4n) is 2.44. The van der Waals surface area contributed by atoms with Crippen LogP contribution in [0.4, 0.5) is 0 Å². The zero-order chi connectivity index (χ0) is 13.4. The van der Waals surface area contributed by atoms with Gasteiger partial charge < -0.3 is 10.6 Å². The number of nitrogens with one attached hydrogen (secondary N) is 2. The van der Waals surface area contributed by atoms with E-state index in [2.05, 4.69) is 30.4 Å². The molecule has 0 aliphatic carbocycles. The Labute approximate surface area is 111 Å². The van der Waals surface area contributed by atoms with Gasteiger partial charge in [-0.2, -0.15) is 0 Å². The van der Waals surface area contributed by atoms with Gasteiger partial charge in [0.05, 0.1) is 0 Å². The molecule has 1 rings (SSSR count). The van der Waals surface area contributed by atoms with Crippen molar-refractivity contribution in [1.82, 2.24) is 10.6 Å². The lowest BCUT2D eigenvalue weighted by Gasteiger charge is -2.39. The Bertz CT molecular complexity index is 304. The second kappa shape index (κ2) is 7.43. The maximum absolute atomic E-state index is 11.7. The van der Waals surface area contributed by atoms with Crippen LogP contribution >= 0.6 is 0 Å². The monoisotopic (exact) mass is 250 g/mol. The van der Waals surface area contributed by atoms with Gasteiger partial charge in [0.1, 0.15) is 0 Å². The molecule has 0 radical (unpaired) electrons. The fraction of sp³-hybridized carbons (Fsp3) is 0.800. The highest BCUT2D eigenvalue weighted by molar-refractivity contribution is 5.75. The molecule has 1 saturated heterocycles. The van der Waals surface area contributed by atoms with Gasteiger partial charge in [0.25, 0.3) is 0 Å². The minimum absolute atomic E-state index is 0.148. The van der Waals surface area contributed by atoms with Gasteiger partial charge in [0.15, 0.2) is 0 Å². The van der Waals surface area contributed by atoms with Gasteiger partial charge in [-0.25, -0.2) is 0 Å². The summed E-state index contributed by atoms with van der Waals surface area (Å²) in [6.45, 7) is 6.33. The minimum atomic E-state index is 0.148. The smallest absolute Gasteiger partial charge is 0.220 e. The van der Waals surface area contributed by atoms with Crippen LogP contribution in [0, 0.1) is 17.8 Å². The molecule has 1 unspecified atom stereocenters. The van der Waals surface area contributed by atoms with E-state index in [1.165, 1.54) is 12.8 Å². The molecule has 0 spiro atoms. The number of amides is 1. The Morgan fingerprint density at radius 3 is 2.94 bits per heavy atom. The van der Waals surface area contributed by atoms with Gasteiger partial charge in [-0.1, -0.05) is 13.8 Å². The standard InChI is InChI=1S/C15H26N2O/c1-4-5-6-7-9-14(18)17-12-13-15(2,3)10-8-11-16-13/h1,13,16H,5-12H2,2-3H3,(H,17,18). The Morgan fingerprint density at radius 1 is 1.50 bits per heavy atom. The molecule has 1 aliphatic rings. The average molecular weight is 250 g/mol. The fourth-order valence-corrected chi connectivity index (χ4v) is 2.44. The average Bonchev–Trinajstić information content (AvgIpc) is 2.33. The zero-order valence-corrected chi connectivity index (χ0v) is 11.7. The number of terminal acetylenes is 1. The van der Waals surface area contributed by atoms with Crippen LogP contribution < -0.4 is 10.6 Å². The van der Waals surface area contributed by atoms with Crippen molar-refractivity contribution < 1.29 is 4.79 Å². The van der Waals surface area contributed by atoms with Gasteiger partial charge in [-0.05, 0) is 37.6 Å². The summed E-state index contributed by atoms with van der Waals surface area (Å²) in [7, 11) is 0. The SMILES string of the molecule is C#CCCCCC(=O)NCC1NCCCC1(C)C. The number of unbranched alkanes of at least 4 members (excludes halogenated alkanes) is 2. The van der Waals surface area contributed by atoms with Crippen LogP contribution in [0.3, 0.4) is 0 Å². The Hall–Kier alpha value is -1.01. The van der Waals surface area contributed by atoms with Gasteiger partial charge in [-0.15, -0.1) is 12.3 Å². The molecular formula is C15H26N2O. The van der Waals surface area contributed by atoms with Gasteiger partial charge >= 0.3 is 0 Å². The molecule has 18 heavy (non-hydrogen) atoms. The molecule has 3 heteroatoms. The largest absolute Gasteiger partial charge is 0.355 e. The van der Waals surface area contributed by atoms with Crippen LogP contribution in [0.1, 0.15) is 52.4 Å². The lowest BCUT2D eigenvalue weighted by atomic mass is 9.77. The molecule has 1 aliphatic heterocycles. The Balaban J connectivity index is 2.19. The van der Waals surface area contributed by atoms with E-state index < -0.39 is 0 Å². The molecule has 0 bridgehead atoms. The quantitative estimate of drug-likeness (QED) is 0.560. The zero-order valence-electron chi connectivity index (χ0n) is 11.7. The van der Waals surface area contributed by atoms with Crippen molar-refractivity contribution in [2.45, 2.75) is 58.4 Å². The molecular weight excluding hydrogens is 224 g/mol. The molecule has 0 saturated carbocycles. The summed E-state index contributed by atoms with van der Waals surface area (Å²) < 4.78 is 0. The third-order valence-corrected chi connectivity index (χ3v) is 3.81. The number of hydrogen-bond donors (Lipinski definition) is 2. The van der Waals surface area contributed by atoms with E-state index in [0.29, 0.717) is 12.5 Å². The first-order valence-electron chi connectivity index (χ1n) is 7.00. The molecule has 1 fully saturated rings. The van der Waals surface area contributed by atoms with Crippen LogP contribution in [0.2, 0.25) is 0 Å². The van der Waals surface area contributed by atoms with Crippen molar-refractivity contribution >= 4 is 5.91 Å². The second-order valence-electron chi connectivity index (χ2n) is 5.81. The maximum Gasteiger partial charge on any atom is 0.220 e. The lowest BCUT2D eigenvalue weighted by Crippen LogP contribution is -2.52. The maximum atomic E-state index is 11.7. The van der Waals surface area contributed by atoms with Crippen molar-refractivity contribution in [3.8, 4) is 12.3 Å². The summed E-state index contributed by atoms with van der Waals surface area (Å²) in [6.07, 6.45) is 10.8. The van der Waals surface area contributed by atoms with E-state index in [9.17, 15) is 4.79 Å². The van der Waals surface area contributed by atoms with Crippen LogP contribution in [0.25, 0.3) is 0 Å². The minimum Gasteiger partial charge on any atom is -0.355 e. The predicted molar refractivity (Wildman–Crippen MR) is 75.1 cm³/mol. The van der Waals surface area contributed by atoms with E-state index >= 15 is 0 Å². The van der Waals surface area contributed by atoms with Gasteiger partial charge in [0.2, 0.25) is 5.91 Å². The summed E-state index contributed by atoms with van der Waals surface area (Å²) in [5.74, 6) is 2.74. The lowest BCUT2D eigenvalue weighted by molar-refractivity contribution is -0.121. The van der Waals surface area contributed by atoms with Gasteiger partial charge in [0, 0.05) is 25.4 Å². The molecule has 102 valence electrons. The van der Waals surface area contributed by atoms with E-state index in [1.807, 2.05) is 0 Å². The van der Waals surface area contributed by atoms with Crippen molar-refractivity contribution in [3.05, 3.63) is 0 Å². The highest BCUT2D eigenvalue weighted by atomic mass is 16.1. The van der Waals surface area contributed by atoms with Crippen LogP contribution in [-0.2, 0) is 4.79 Å². The summed E-state index contributed by atoms with van der Waals surface area (Å²) >= 11 is 0. The topological polar surface area (TPSA) is 41.1 Å². The summed E-state index contributed by atoms with van der Waals surface area (Å²) in [5, 5.41) is 6.53. The molecule has 3 nitrogen and oxygen atoms in total. The number of hydrogen-bond acceptors (Lipinski definition) is 2. The number of piperidine rings is 1. The van der Waals surface area contributed by atoms with E-state index in [4.69, 9.17) is 6.42 Å². The van der Waals surface area contributed by atoms with E-state index in [-0.39, 0.29) is 11.3 Å². The summed E-state index contributed by atoms with van der Waals surface area (Å²) in [4.78, 5) is 11.7. The Kier molecular flexibility index (Phi) is 6.21. The molecule has 0 aromatic heterocycles. The van der Waals surface area contributed by atoms with Crippen molar-refractivity contribution in [3.63, 3.8) is 0 Å². The van der Waals surface area contributed by atoms with E-state index in [1.54, 1.807) is 0 Å².